The maximum Gasteiger partial charge on any atom is 0.328 e. The lowest BCUT2D eigenvalue weighted by molar-refractivity contribution is -0.146. The van der Waals surface area contributed by atoms with Crippen LogP contribution in [0.2, 0.25) is 0 Å². The van der Waals surface area contributed by atoms with Crippen molar-refractivity contribution in [2.75, 3.05) is 41.9 Å². The Bertz CT molecular complexity index is 1210. The zero-order valence-corrected chi connectivity index (χ0v) is 19.6. The van der Waals surface area contributed by atoms with Gasteiger partial charge in [0.15, 0.2) is 5.41 Å². The summed E-state index contributed by atoms with van der Waals surface area (Å²) >= 11 is 0. The highest BCUT2D eigenvalue weighted by atomic mass is 16.5. The molecule has 3 aliphatic rings. The Labute approximate surface area is 202 Å². The van der Waals surface area contributed by atoms with Crippen molar-refractivity contribution in [2.24, 2.45) is 5.41 Å². The predicted molar refractivity (Wildman–Crippen MR) is 130 cm³/mol. The number of carbonyl (C=O) groups excluding carboxylic acids is 4. The van der Waals surface area contributed by atoms with Crippen molar-refractivity contribution >= 4 is 40.8 Å². The van der Waals surface area contributed by atoms with Crippen molar-refractivity contribution in [3.8, 4) is 5.75 Å². The molecular formula is C25H27N5O5. The molecule has 3 heterocycles. The normalized spacial score (nSPS) is 20.5. The summed E-state index contributed by atoms with van der Waals surface area (Å²) in [4.78, 5) is 54.9. The molecular weight excluding hydrogens is 450 g/mol. The summed E-state index contributed by atoms with van der Waals surface area (Å²) in [6.07, 6.45) is 0.435. The van der Waals surface area contributed by atoms with Crippen molar-refractivity contribution in [2.45, 2.75) is 25.8 Å². The first-order valence-electron chi connectivity index (χ1n) is 11.6. The molecule has 5 rings (SSSR count). The van der Waals surface area contributed by atoms with Crippen LogP contribution in [0.15, 0.2) is 42.5 Å². The number of piperazine rings is 1. The third kappa shape index (κ3) is 3.65. The third-order valence-corrected chi connectivity index (χ3v) is 7.10. The van der Waals surface area contributed by atoms with Gasteiger partial charge in [0.05, 0.1) is 18.8 Å². The van der Waals surface area contributed by atoms with Crippen LogP contribution in [0, 0.1) is 5.41 Å². The number of amides is 5. The van der Waals surface area contributed by atoms with Crippen LogP contribution in [0.3, 0.4) is 0 Å². The molecule has 2 aromatic carbocycles. The van der Waals surface area contributed by atoms with E-state index < -0.39 is 29.3 Å². The number of ether oxygens (including phenoxy) is 1. The second-order valence-electron chi connectivity index (χ2n) is 8.96. The molecule has 10 heteroatoms. The van der Waals surface area contributed by atoms with Crippen LogP contribution in [0.5, 0.6) is 5.75 Å². The zero-order chi connectivity index (χ0) is 24.7. The smallest absolute Gasteiger partial charge is 0.328 e. The van der Waals surface area contributed by atoms with Gasteiger partial charge in [0, 0.05) is 37.4 Å². The van der Waals surface area contributed by atoms with Gasteiger partial charge >= 0.3 is 6.03 Å². The van der Waals surface area contributed by atoms with Gasteiger partial charge in [-0.1, -0.05) is 19.1 Å². The van der Waals surface area contributed by atoms with Crippen LogP contribution in [0.25, 0.3) is 0 Å². The molecule has 10 nitrogen and oxygen atoms in total. The van der Waals surface area contributed by atoms with Crippen LogP contribution < -0.4 is 30.5 Å². The first-order valence-corrected chi connectivity index (χ1v) is 11.6. The van der Waals surface area contributed by atoms with E-state index in [2.05, 4.69) is 25.8 Å². The molecule has 0 aromatic heterocycles. The molecule has 5 amide bonds. The zero-order valence-electron chi connectivity index (χ0n) is 19.6. The Morgan fingerprint density at radius 1 is 1.09 bits per heavy atom. The molecule has 1 atom stereocenters. The SMILES string of the molecule is CCC(=O)Nc1ccc2c(c1)CC1(C(=O)NC(=O)NC1=O)[C@@H]1CN(c3ccccc3OC)CCN21. The lowest BCUT2D eigenvalue weighted by Crippen LogP contribution is -2.74. The van der Waals surface area contributed by atoms with Crippen molar-refractivity contribution in [1.29, 1.82) is 0 Å². The second-order valence-corrected chi connectivity index (χ2v) is 8.96. The number of barbiturate groups is 1. The number of benzene rings is 2. The van der Waals surface area contributed by atoms with Crippen LogP contribution in [-0.4, -0.2) is 56.5 Å². The second kappa shape index (κ2) is 8.61. The van der Waals surface area contributed by atoms with E-state index in [1.54, 1.807) is 14.0 Å². The summed E-state index contributed by atoms with van der Waals surface area (Å²) in [5, 5.41) is 7.48. The van der Waals surface area contributed by atoms with Crippen molar-refractivity contribution in [3.05, 3.63) is 48.0 Å². The quantitative estimate of drug-likeness (QED) is 0.573. The number of imide groups is 2. The molecule has 182 valence electrons. The van der Waals surface area contributed by atoms with Gasteiger partial charge in [-0.3, -0.25) is 25.0 Å². The summed E-state index contributed by atoms with van der Waals surface area (Å²) in [6.45, 7) is 3.33. The van der Waals surface area contributed by atoms with Gasteiger partial charge in [0.25, 0.3) is 0 Å². The first kappa shape index (κ1) is 22.7. The van der Waals surface area contributed by atoms with Gasteiger partial charge in [0.1, 0.15) is 5.75 Å². The Morgan fingerprint density at radius 3 is 2.54 bits per heavy atom. The molecule has 0 radical (unpaired) electrons. The number of urea groups is 1. The summed E-state index contributed by atoms with van der Waals surface area (Å²) in [5.74, 6) is -0.652. The minimum Gasteiger partial charge on any atom is -0.495 e. The third-order valence-electron chi connectivity index (χ3n) is 7.10. The molecule has 1 spiro atoms. The summed E-state index contributed by atoms with van der Waals surface area (Å²) < 4.78 is 5.55. The van der Waals surface area contributed by atoms with Crippen LogP contribution in [0.4, 0.5) is 21.9 Å². The molecule has 2 fully saturated rings. The van der Waals surface area contributed by atoms with E-state index in [-0.39, 0.29) is 12.3 Å². The largest absolute Gasteiger partial charge is 0.495 e. The van der Waals surface area contributed by atoms with Crippen molar-refractivity contribution < 1.29 is 23.9 Å². The number of hydrogen-bond acceptors (Lipinski definition) is 7. The number of carbonyl (C=O) groups is 4. The highest BCUT2D eigenvalue weighted by molar-refractivity contribution is 6.20. The predicted octanol–water partition coefficient (Wildman–Crippen LogP) is 1.65. The van der Waals surface area contributed by atoms with Gasteiger partial charge in [0.2, 0.25) is 17.7 Å². The minimum atomic E-state index is -1.52. The van der Waals surface area contributed by atoms with E-state index >= 15 is 0 Å². The maximum atomic E-state index is 13.4. The maximum absolute atomic E-state index is 13.4. The van der Waals surface area contributed by atoms with E-state index in [1.165, 1.54) is 0 Å². The topological polar surface area (TPSA) is 120 Å². The fraction of sp³-hybridized carbons (Fsp3) is 0.360. The Balaban J connectivity index is 1.58. The molecule has 0 bridgehead atoms. The lowest BCUT2D eigenvalue weighted by atomic mass is 9.68. The first-order chi connectivity index (χ1) is 16.9. The minimum absolute atomic E-state index is 0.101. The monoisotopic (exact) mass is 477 g/mol. The van der Waals surface area contributed by atoms with E-state index in [9.17, 15) is 19.2 Å². The molecule has 3 N–H and O–H groups in total. The molecule has 0 aliphatic carbocycles. The summed E-state index contributed by atoms with van der Waals surface area (Å²) in [5.41, 5.74) is 1.63. The number of hydrogen-bond donors (Lipinski definition) is 3. The molecule has 2 aromatic rings. The fourth-order valence-corrected chi connectivity index (χ4v) is 5.38. The van der Waals surface area contributed by atoms with Gasteiger partial charge in [-0.25, -0.2) is 4.79 Å². The Kier molecular flexibility index (Phi) is 5.58. The van der Waals surface area contributed by atoms with Crippen LogP contribution in [0.1, 0.15) is 18.9 Å². The van der Waals surface area contributed by atoms with Gasteiger partial charge in [-0.05, 0) is 42.3 Å². The average molecular weight is 478 g/mol. The molecule has 3 aliphatic heterocycles. The Hall–Kier alpha value is -4.08. The summed E-state index contributed by atoms with van der Waals surface area (Å²) in [6, 6.07) is 11.8. The van der Waals surface area contributed by atoms with E-state index in [0.29, 0.717) is 37.5 Å². The standard InChI is InChI=1S/C25H27N5O5/c1-3-21(31)26-16-8-9-17-15(12-16)13-25(22(32)27-24(34)28-23(25)33)20-14-29(10-11-30(17)20)18-6-4-5-7-19(18)35-2/h4-9,12,20H,3,10-11,13-14H2,1-2H3,(H,26,31)(H2,27,28,32,33,34)/t20-/m0/s1. The summed E-state index contributed by atoms with van der Waals surface area (Å²) in [7, 11) is 1.61. The number of anilines is 3. The Morgan fingerprint density at radius 2 is 1.83 bits per heavy atom. The number of methoxy groups -OCH3 is 1. The lowest BCUT2D eigenvalue weighted by Gasteiger charge is -2.54. The number of rotatable bonds is 4. The van der Waals surface area contributed by atoms with Gasteiger partial charge < -0.3 is 19.9 Å². The number of nitrogens with one attached hydrogen (secondary N) is 3. The van der Waals surface area contributed by atoms with Gasteiger partial charge in [-0.15, -0.1) is 0 Å². The average Bonchev–Trinajstić information content (AvgIpc) is 2.86. The van der Waals surface area contributed by atoms with E-state index in [0.717, 1.165) is 16.9 Å². The fourth-order valence-electron chi connectivity index (χ4n) is 5.38. The van der Waals surface area contributed by atoms with Crippen molar-refractivity contribution in [3.63, 3.8) is 0 Å². The van der Waals surface area contributed by atoms with Crippen molar-refractivity contribution in [1.82, 2.24) is 10.6 Å². The molecule has 0 saturated carbocycles. The van der Waals surface area contributed by atoms with Crippen LogP contribution >= 0.6 is 0 Å². The van der Waals surface area contributed by atoms with Crippen LogP contribution in [-0.2, 0) is 20.8 Å². The number of para-hydroxylation sites is 2. The highest BCUT2D eigenvalue weighted by Gasteiger charge is 2.61. The molecule has 0 unspecified atom stereocenters. The van der Waals surface area contributed by atoms with E-state index in [4.69, 9.17) is 4.74 Å². The molecule has 2 saturated heterocycles. The number of nitrogens with zero attached hydrogens (tertiary/aromatic N) is 2. The highest BCUT2D eigenvalue weighted by Crippen LogP contribution is 2.46. The van der Waals surface area contributed by atoms with Gasteiger partial charge in [-0.2, -0.15) is 0 Å². The molecule has 35 heavy (non-hydrogen) atoms. The number of fused-ring (bicyclic) bond motifs is 4. The van der Waals surface area contributed by atoms with E-state index in [1.807, 2.05) is 42.5 Å².